The van der Waals surface area contributed by atoms with E-state index < -0.39 is 0 Å². The molecule has 0 heterocycles. The van der Waals surface area contributed by atoms with Crippen molar-refractivity contribution in [3.63, 3.8) is 0 Å². The normalized spacial score (nSPS) is 29.1. The smallest absolute Gasteiger partial charge is 0.197 e. The van der Waals surface area contributed by atoms with Gasteiger partial charge in [-0.3, -0.25) is 9.59 Å². The Bertz CT molecular complexity index is 473. The van der Waals surface area contributed by atoms with Crippen molar-refractivity contribution in [3.05, 3.63) is 23.2 Å². The minimum absolute atomic E-state index is 0.0399. The van der Waals surface area contributed by atoms with Crippen molar-refractivity contribution in [1.29, 1.82) is 0 Å². The molecule has 2 aliphatic rings. The first-order valence-electron chi connectivity index (χ1n) is 6.79. The van der Waals surface area contributed by atoms with Crippen LogP contribution in [0, 0.1) is 17.8 Å². The molecule has 0 fully saturated rings. The van der Waals surface area contributed by atoms with Crippen LogP contribution in [0.25, 0.3) is 0 Å². The summed E-state index contributed by atoms with van der Waals surface area (Å²) >= 11 is 0. The van der Waals surface area contributed by atoms with E-state index in [0.717, 1.165) is 6.42 Å². The average Bonchev–Trinajstić information content (AvgIpc) is 2.80. The lowest BCUT2D eigenvalue weighted by molar-refractivity contribution is -0.118. The molecule has 0 saturated heterocycles. The van der Waals surface area contributed by atoms with Crippen LogP contribution in [-0.4, -0.2) is 21.8 Å². The van der Waals surface area contributed by atoms with E-state index in [4.69, 9.17) is 0 Å². The van der Waals surface area contributed by atoms with Crippen molar-refractivity contribution in [3.8, 4) is 0 Å². The van der Waals surface area contributed by atoms with Gasteiger partial charge in [-0.05, 0) is 30.8 Å². The quantitative estimate of drug-likeness (QED) is 0.818. The third-order valence-electron chi connectivity index (χ3n) is 4.26. The SMILES string of the molecule is CC1CC(=O)C(CCC(C)C2C=C(O)C(=O)C2)=C1O. The van der Waals surface area contributed by atoms with Gasteiger partial charge in [0.15, 0.2) is 17.3 Å². The summed E-state index contributed by atoms with van der Waals surface area (Å²) in [7, 11) is 0. The van der Waals surface area contributed by atoms with Crippen LogP contribution < -0.4 is 0 Å². The van der Waals surface area contributed by atoms with Crippen LogP contribution in [0.15, 0.2) is 23.2 Å². The minimum Gasteiger partial charge on any atom is -0.512 e. The Morgan fingerprint density at radius 1 is 1.26 bits per heavy atom. The molecule has 19 heavy (non-hydrogen) atoms. The lowest BCUT2D eigenvalue weighted by Gasteiger charge is -2.16. The molecular weight excluding hydrogens is 244 g/mol. The van der Waals surface area contributed by atoms with Gasteiger partial charge < -0.3 is 10.2 Å². The number of carbonyl (C=O) groups excluding carboxylic acids is 2. The first kappa shape index (κ1) is 13.8. The van der Waals surface area contributed by atoms with Gasteiger partial charge in [-0.1, -0.05) is 13.8 Å². The Morgan fingerprint density at radius 3 is 2.42 bits per heavy atom. The number of rotatable bonds is 4. The van der Waals surface area contributed by atoms with Crippen molar-refractivity contribution in [2.45, 2.75) is 39.5 Å². The summed E-state index contributed by atoms with van der Waals surface area (Å²) in [5.74, 6) is 0.127. The van der Waals surface area contributed by atoms with Gasteiger partial charge >= 0.3 is 0 Å². The maximum Gasteiger partial charge on any atom is 0.197 e. The zero-order chi connectivity index (χ0) is 14.2. The van der Waals surface area contributed by atoms with Crippen LogP contribution in [-0.2, 0) is 9.59 Å². The molecule has 0 aliphatic heterocycles. The van der Waals surface area contributed by atoms with Gasteiger partial charge in [0.2, 0.25) is 0 Å². The van der Waals surface area contributed by atoms with E-state index in [1.807, 2.05) is 13.8 Å². The number of ketones is 2. The fourth-order valence-electron chi connectivity index (χ4n) is 2.83. The average molecular weight is 264 g/mol. The molecule has 104 valence electrons. The molecule has 4 heteroatoms. The highest BCUT2D eigenvalue weighted by molar-refractivity contribution is 5.98. The Kier molecular flexibility index (Phi) is 3.78. The van der Waals surface area contributed by atoms with Gasteiger partial charge in [0.25, 0.3) is 0 Å². The lowest BCUT2D eigenvalue weighted by atomic mass is 9.88. The standard InChI is InChI=1S/C15H20O4/c1-8(10-6-13(17)14(18)7-10)3-4-11-12(16)5-9(2)15(11)19/h6,8-10,17,19H,3-5,7H2,1-2H3. The molecule has 2 aliphatic carbocycles. The molecule has 0 radical (unpaired) electrons. The molecule has 0 bridgehead atoms. The van der Waals surface area contributed by atoms with E-state index in [9.17, 15) is 19.8 Å². The van der Waals surface area contributed by atoms with Crippen molar-refractivity contribution < 1.29 is 19.8 Å². The van der Waals surface area contributed by atoms with Crippen LogP contribution in [0.5, 0.6) is 0 Å². The highest BCUT2D eigenvalue weighted by atomic mass is 16.3. The summed E-state index contributed by atoms with van der Waals surface area (Å²) in [6, 6.07) is 0. The number of allylic oxidation sites excluding steroid dienone is 4. The maximum atomic E-state index is 11.7. The van der Waals surface area contributed by atoms with Crippen LogP contribution in [0.3, 0.4) is 0 Å². The molecule has 0 spiro atoms. The monoisotopic (exact) mass is 264 g/mol. The molecule has 4 nitrogen and oxygen atoms in total. The molecule has 3 atom stereocenters. The Morgan fingerprint density at radius 2 is 1.95 bits per heavy atom. The number of aliphatic hydroxyl groups is 2. The molecule has 0 saturated carbocycles. The molecule has 0 amide bonds. The molecular formula is C15H20O4. The predicted octanol–water partition coefficient (Wildman–Crippen LogP) is 2.85. The summed E-state index contributed by atoms with van der Waals surface area (Å²) in [5, 5.41) is 19.2. The summed E-state index contributed by atoms with van der Waals surface area (Å²) < 4.78 is 0. The summed E-state index contributed by atoms with van der Waals surface area (Å²) in [6.07, 6.45) is 3.65. The van der Waals surface area contributed by atoms with E-state index in [1.54, 1.807) is 6.08 Å². The van der Waals surface area contributed by atoms with Gasteiger partial charge in [0, 0.05) is 24.3 Å². The number of Topliss-reactive ketones (excluding diaryl/α,β-unsaturated/α-hetero) is 2. The molecule has 0 aromatic heterocycles. The fourth-order valence-corrected chi connectivity index (χ4v) is 2.83. The number of hydrogen-bond acceptors (Lipinski definition) is 4. The Balaban J connectivity index is 1.93. The molecule has 2 rings (SSSR count). The summed E-state index contributed by atoms with van der Waals surface area (Å²) in [6.45, 7) is 3.85. The highest BCUT2D eigenvalue weighted by Crippen LogP contribution is 2.34. The second-order valence-electron chi connectivity index (χ2n) is 5.75. The van der Waals surface area contributed by atoms with Crippen LogP contribution in [0.1, 0.15) is 39.5 Å². The minimum atomic E-state index is -0.204. The molecule has 3 unspecified atom stereocenters. The Labute approximate surface area is 112 Å². The second kappa shape index (κ2) is 5.19. The van der Waals surface area contributed by atoms with Crippen molar-refractivity contribution in [2.24, 2.45) is 17.8 Å². The summed E-state index contributed by atoms with van der Waals surface area (Å²) in [4.78, 5) is 23.0. The van der Waals surface area contributed by atoms with Crippen LogP contribution in [0.4, 0.5) is 0 Å². The number of aliphatic hydroxyl groups excluding tert-OH is 2. The zero-order valence-electron chi connectivity index (χ0n) is 11.3. The first-order valence-corrected chi connectivity index (χ1v) is 6.79. The van der Waals surface area contributed by atoms with E-state index in [1.165, 1.54) is 0 Å². The third-order valence-corrected chi connectivity index (χ3v) is 4.26. The highest BCUT2D eigenvalue weighted by Gasteiger charge is 2.31. The second-order valence-corrected chi connectivity index (χ2v) is 5.75. The predicted molar refractivity (Wildman–Crippen MR) is 70.7 cm³/mol. The third kappa shape index (κ3) is 2.72. The van der Waals surface area contributed by atoms with Crippen LogP contribution in [0.2, 0.25) is 0 Å². The lowest BCUT2D eigenvalue weighted by Crippen LogP contribution is -2.10. The molecule has 0 aromatic rings. The van der Waals surface area contributed by atoms with Crippen molar-refractivity contribution in [1.82, 2.24) is 0 Å². The van der Waals surface area contributed by atoms with Crippen LogP contribution >= 0.6 is 0 Å². The molecule has 0 aromatic carbocycles. The topological polar surface area (TPSA) is 74.6 Å². The van der Waals surface area contributed by atoms with Gasteiger partial charge in [0.05, 0.1) is 0 Å². The zero-order valence-corrected chi connectivity index (χ0v) is 11.3. The first-order chi connectivity index (χ1) is 8.90. The summed E-state index contributed by atoms with van der Waals surface area (Å²) in [5.41, 5.74) is 0.553. The largest absolute Gasteiger partial charge is 0.512 e. The molecule has 2 N–H and O–H groups in total. The van der Waals surface area contributed by atoms with Gasteiger partial charge in [0.1, 0.15) is 5.76 Å². The van der Waals surface area contributed by atoms with E-state index in [-0.39, 0.29) is 40.8 Å². The van der Waals surface area contributed by atoms with Crippen molar-refractivity contribution >= 4 is 11.6 Å². The van der Waals surface area contributed by atoms with Crippen molar-refractivity contribution in [2.75, 3.05) is 0 Å². The van der Waals surface area contributed by atoms with Gasteiger partial charge in [-0.15, -0.1) is 0 Å². The number of carbonyl (C=O) groups is 2. The van der Waals surface area contributed by atoms with E-state index in [2.05, 4.69) is 0 Å². The van der Waals surface area contributed by atoms with E-state index in [0.29, 0.717) is 24.8 Å². The Hall–Kier alpha value is -1.58. The van der Waals surface area contributed by atoms with E-state index >= 15 is 0 Å². The maximum absolute atomic E-state index is 11.7. The number of hydrogen-bond donors (Lipinski definition) is 2. The fraction of sp³-hybridized carbons (Fsp3) is 0.600. The van der Waals surface area contributed by atoms with Gasteiger partial charge in [-0.25, -0.2) is 0 Å². The van der Waals surface area contributed by atoms with Gasteiger partial charge in [-0.2, -0.15) is 0 Å².